The molecule has 1 N–H and O–H groups in total. The van der Waals surface area contributed by atoms with Crippen molar-refractivity contribution in [2.75, 3.05) is 20.3 Å². The van der Waals surface area contributed by atoms with Gasteiger partial charge in [0.05, 0.1) is 20.1 Å². The lowest BCUT2D eigenvalue weighted by Crippen LogP contribution is -2.29. The summed E-state index contributed by atoms with van der Waals surface area (Å²) in [6, 6.07) is 12.9. The predicted octanol–water partition coefficient (Wildman–Crippen LogP) is 3.39. The number of halogens is 1. The summed E-state index contributed by atoms with van der Waals surface area (Å²) in [5, 5.41) is 3.55. The summed E-state index contributed by atoms with van der Waals surface area (Å²) in [6.45, 7) is 2.79. The van der Waals surface area contributed by atoms with E-state index in [1.807, 2.05) is 43.3 Å². The minimum absolute atomic E-state index is 0.0361. The fraction of sp³-hybridized carbons (Fsp3) is 0.278. The summed E-state index contributed by atoms with van der Waals surface area (Å²) < 4.78 is 10.7. The van der Waals surface area contributed by atoms with Crippen molar-refractivity contribution in [3.05, 3.63) is 58.6 Å². The quantitative estimate of drug-likeness (QED) is 0.790. The first kappa shape index (κ1) is 17.2. The van der Waals surface area contributed by atoms with Crippen molar-refractivity contribution in [3.63, 3.8) is 0 Å². The first-order chi connectivity index (χ1) is 11.1. The third-order valence-electron chi connectivity index (χ3n) is 3.35. The molecule has 0 radical (unpaired) electrons. The van der Waals surface area contributed by atoms with Crippen LogP contribution < -0.4 is 14.8 Å². The van der Waals surface area contributed by atoms with Gasteiger partial charge in [-0.15, -0.1) is 0 Å². The Balaban J connectivity index is 1.70. The number of nitrogens with one attached hydrogen (secondary N) is 1. The van der Waals surface area contributed by atoms with Gasteiger partial charge in [-0.05, 0) is 48.4 Å². The van der Waals surface area contributed by atoms with Crippen LogP contribution in [0.3, 0.4) is 0 Å². The zero-order valence-electron chi connectivity index (χ0n) is 13.3. The zero-order chi connectivity index (χ0) is 16.7. The van der Waals surface area contributed by atoms with Crippen molar-refractivity contribution in [3.8, 4) is 11.5 Å². The third kappa shape index (κ3) is 5.49. The number of aryl methyl sites for hydroxylation is 1. The van der Waals surface area contributed by atoms with Crippen LogP contribution in [0.2, 0.25) is 5.02 Å². The van der Waals surface area contributed by atoms with Crippen LogP contribution in [0.5, 0.6) is 11.5 Å². The highest BCUT2D eigenvalue weighted by Gasteiger charge is 2.04. The molecule has 0 atom stereocenters. The first-order valence-electron chi connectivity index (χ1n) is 7.37. The van der Waals surface area contributed by atoms with Crippen LogP contribution in [-0.4, -0.2) is 26.2 Å². The zero-order valence-corrected chi connectivity index (χ0v) is 14.0. The number of hydrogen-bond acceptors (Lipinski definition) is 3. The number of hydrogen-bond donors (Lipinski definition) is 1. The van der Waals surface area contributed by atoms with Crippen molar-refractivity contribution in [1.29, 1.82) is 0 Å². The second-order valence-electron chi connectivity index (χ2n) is 5.13. The highest BCUT2D eigenvalue weighted by atomic mass is 35.5. The number of carbonyl (C=O) groups excluding carboxylic acids is 1. The number of rotatable bonds is 7. The van der Waals surface area contributed by atoms with E-state index in [9.17, 15) is 4.79 Å². The summed E-state index contributed by atoms with van der Waals surface area (Å²) in [7, 11) is 1.61. The molecule has 0 heterocycles. The molecule has 2 aromatic carbocycles. The predicted molar refractivity (Wildman–Crippen MR) is 91.4 cm³/mol. The Morgan fingerprint density at radius 3 is 2.48 bits per heavy atom. The fourth-order valence-electron chi connectivity index (χ4n) is 2.06. The number of carbonyl (C=O) groups is 1. The Kier molecular flexibility index (Phi) is 6.29. The van der Waals surface area contributed by atoms with Gasteiger partial charge in [0.1, 0.15) is 18.1 Å². The average Bonchev–Trinajstić information content (AvgIpc) is 2.55. The normalized spacial score (nSPS) is 10.2. The fourth-order valence-corrected chi connectivity index (χ4v) is 2.18. The van der Waals surface area contributed by atoms with Crippen LogP contribution in [0.4, 0.5) is 0 Å². The Morgan fingerprint density at radius 2 is 1.83 bits per heavy atom. The van der Waals surface area contributed by atoms with Crippen molar-refractivity contribution in [2.45, 2.75) is 13.3 Å². The van der Waals surface area contributed by atoms with Crippen LogP contribution in [0, 0.1) is 6.92 Å². The lowest BCUT2D eigenvalue weighted by atomic mass is 10.1. The topological polar surface area (TPSA) is 47.6 Å². The number of amides is 1. The molecule has 0 aliphatic rings. The lowest BCUT2D eigenvalue weighted by Gasteiger charge is -2.09. The summed E-state index contributed by atoms with van der Waals surface area (Å²) >= 11 is 5.96. The van der Waals surface area contributed by atoms with E-state index in [1.165, 1.54) is 0 Å². The molecule has 2 aromatic rings. The molecule has 2 rings (SSSR count). The molecular weight excluding hydrogens is 314 g/mol. The Hall–Kier alpha value is -2.20. The molecule has 0 aliphatic carbocycles. The minimum atomic E-state index is -0.0361. The number of methoxy groups -OCH3 is 1. The maximum absolute atomic E-state index is 11.9. The van der Waals surface area contributed by atoms with E-state index in [0.717, 1.165) is 22.6 Å². The Morgan fingerprint density at radius 1 is 1.13 bits per heavy atom. The van der Waals surface area contributed by atoms with Gasteiger partial charge in [-0.3, -0.25) is 4.79 Å². The molecule has 0 aliphatic heterocycles. The van der Waals surface area contributed by atoms with Gasteiger partial charge in [0.15, 0.2) is 0 Å². The van der Waals surface area contributed by atoms with Crippen LogP contribution in [-0.2, 0) is 11.2 Å². The molecule has 0 unspecified atom stereocenters. The van der Waals surface area contributed by atoms with E-state index in [-0.39, 0.29) is 5.91 Å². The summed E-state index contributed by atoms with van der Waals surface area (Å²) in [6.07, 6.45) is 0.337. The van der Waals surface area contributed by atoms with Crippen molar-refractivity contribution in [1.82, 2.24) is 5.32 Å². The standard InChI is InChI=1S/C18H20ClNO3/c1-13-11-16(7-8-17(13)19)23-10-9-20-18(21)12-14-3-5-15(22-2)6-4-14/h3-8,11H,9-10,12H2,1-2H3,(H,20,21). The van der Waals surface area contributed by atoms with E-state index in [2.05, 4.69) is 5.32 Å². The largest absolute Gasteiger partial charge is 0.497 e. The third-order valence-corrected chi connectivity index (χ3v) is 3.77. The molecule has 0 saturated carbocycles. The van der Waals surface area contributed by atoms with Gasteiger partial charge in [0.2, 0.25) is 5.91 Å². The van der Waals surface area contributed by atoms with Gasteiger partial charge in [0.25, 0.3) is 0 Å². The molecule has 1 amide bonds. The SMILES string of the molecule is COc1ccc(CC(=O)NCCOc2ccc(Cl)c(C)c2)cc1. The highest BCUT2D eigenvalue weighted by molar-refractivity contribution is 6.31. The molecule has 4 nitrogen and oxygen atoms in total. The van der Waals surface area contributed by atoms with Crippen LogP contribution in [0.25, 0.3) is 0 Å². The first-order valence-corrected chi connectivity index (χ1v) is 7.75. The van der Waals surface area contributed by atoms with Crippen molar-refractivity contribution in [2.24, 2.45) is 0 Å². The summed E-state index contributed by atoms with van der Waals surface area (Å²) in [5.41, 5.74) is 1.91. The minimum Gasteiger partial charge on any atom is -0.497 e. The van der Waals surface area contributed by atoms with Gasteiger partial charge in [-0.2, -0.15) is 0 Å². The Bertz CT molecular complexity index is 656. The molecule has 0 bridgehead atoms. The number of ether oxygens (including phenoxy) is 2. The van der Waals surface area contributed by atoms with Gasteiger partial charge in [-0.25, -0.2) is 0 Å². The monoisotopic (exact) mass is 333 g/mol. The average molecular weight is 334 g/mol. The maximum Gasteiger partial charge on any atom is 0.224 e. The van der Waals surface area contributed by atoms with E-state index >= 15 is 0 Å². The van der Waals surface area contributed by atoms with Crippen LogP contribution >= 0.6 is 11.6 Å². The van der Waals surface area contributed by atoms with Gasteiger partial charge < -0.3 is 14.8 Å². The van der Waals surface area contributed by atoms with Crippen molar-refractivity contribution >= 4 is 17.5 Å². The Labute approximate surface area is 141 Å². The van der Waals surface area contributed by atoms with Gasteiger partial charge >= 0.3 is 0 Å². The molecule has 0 saturated heterocycles. The maximum atomic E-state index is 11.9. The van der Waals surface area contributed by atoms with Crippen LogP contribution in [0.1, 0.15) is 11.1 Å². The molecule has 0 fully saturated rings. The van der Waals surface area contributed by atoms with Crippen LogP contribution in [0.15, 0.2) is 42.5 Å². The van der Waals surface area contributed by atoms with Gasteiger partial charge in [0, 0.05) is 5.02 Å². The van der Waals surface area contributed by atoms with E-state index in [0.29, 0.717) is 24.6 Å². The second kappa shape index (κ2) is 8.44. The van der Waals surface area contributed by atoms with Crippen molar-refractivity contribution < 1.29 is 14.3 Å². The van der Waals surface area contributed by atoms with Gasteiger partial charge in [-0.1, -0.05) is 23.7 Å². The highest BCUT2D eigenvalue weighted by Crippen LogP contribution is 2.20. The lowest BCUT2D eigenvalue weighted by molar-refractivity contribution is -0.120. The molecule has 5 heteroatoms. The molecule has 0 aromatic heterocycles. The van der Waals surface area contributed by atoms with E-state index in [1.54, 1.807) is 13.2 Å². The summed E-state index contributed by atoms with van der Waals surface area (Å²) in [5.74, 6) is 1.49. The second-order valence-corrected chi connectivity index (χ2v) is 5.54. The smallest absolute Gasteiger partial charge is 0.224 e. The molecular formula is C18H20ClNO3. The molecule has 23 heavy (non-hydrogen) atoms. The van der Waals surface area contributed by atoms with E-state index < -0.39 is 0 Å². The molecule has 122 valence electrons. The summed E-state index contributed by atoms with van der Waals surface area (Å²) in [4.78, 5) is 11.9. The van der Waals surface area contributed by atoms with E-state index in [4.69, 9.17) is 21.1 Å². The number of benzene rings is 2. The molecule has 0 spiro atoms.